The maximum atomic E-state index is 12.1. The monoisotopic (exact) mass is 397 g/mol. The lowest BCUT2D eigenvalue weighted by atomic mass is 10.1. The van der Waals surface area contributed by atoms with Crippen LogP contribution in [0.1, 0.15) is 21.6 Å². The third-order valence-electron chi connectivity index (χ3n) is 4.08. The average molecular weight is 398 g/mol. The molecule has 0 saturated carbocycles. The van der Waals surface area contributed by atoms with Crippen molar-refractivity contribution in [3.8, 4) is 23.3 Å². The number of esters is 1. The van der Waals surface area contributed by atoms with Gasteiger partial charge in [-0.3, -0.25) is 0 Å². The van der Waals surface area contributed by atoms with Crippen molar-refractivity contribution in [3.63, 3.8) is 0 Å². The average Bonchev–Trinajstić information content (AvgIpc) is 3.05. The number of halogens is 1. The smallest absolute Gasteiger partial charge is 0.357 e. The molecule has 0 atom stereocenters. The minimum Gasteiger partial charge on any atom is -0.464 e. The highest BCUT2D eigenvalue weighted by molar-refractivity contribution is 6.30. The Kier molecular flexibility index (Phi) is 5.54. The molecule has 3 rings (SSSR count). The number of hydrogen-bond donors (Lipinski definition) is 2. The summed E-state index contributed by atoms with van der Waals surface area (Å²) in [6.07, 6.45) is 1.44. The quantitative estimate of drug-likeness (QED) is 0.635. The molecule has 7 nitrogen and oxygen atoms in total. The van der Waals surface area contributed by atoms with E-state index in [0.29, 0.717) is 27.8 Å². The molecule has 3 aromatic rings. The van der Waals surface area contributed by atoms with Crippen molar-refractivity contribution in [1.29, 1.82) is 5.26 Å². The number of hydrogen-bond acceptors (Lipinski definition) is 6. The van der Waals surface area contributed by atoms with Gasteiger partial charge in [0, 0.05) is 22.5 Å². The Morgan fingerprint density at radius 2 is 2.00 bits per heavy atom. The van der Waals surface area contributed by atoms with E-state index in [9.17, 15) is 15.2 Å². The lowest BCUT2D eigenvalue weighted by molar-refractivity contribution is 0.0593. The first-order valence-electron chi connectivity index (χ1n) is 8.15. The van der Waals surface area contributed by atoms with Gasteiger partial charge >= 0.3 is 5.97 Å². The normalized spacial score (nSPS) is 10.4. The molecule has 0 aliphatic heterocycles. The minimum atomic E-state index is -0.675. The molecule has 0 saturated heterocycles. The number of aliphatic hydroxyl groups is 1. The standard InChI is InChI=1S/C20H16ClN3O4/c1-27-20(26)19-18(23)13(9-22)10-24(19)15-4-7-17(12(8-15)11-25)28-16-5-2-14(21)3-6-16/h2-8,10,25H,11,23H2,1H3. The van der Waals surface area contributed by atoms with Crippen LogP contribution in [0.2, 0.25) is 5.02 Å². The van der Waals surface area contributed by atoms with Crippen LogP contribution in [0.4, 0.5) is 5.69 Å². The summed E-state index contributed by atoms with van der Waals surface area (Å²) < 4.78 is 12.0. The fraction of sp³-hybridized carbons (Fsp3) is 0.100. The van der Waals surface area contributed by atoms with E-state index in [-0.39, 0.29) is 23.6 Å². The Balaban J connectivity index is 2.04. The van der Waals surface area contributed by atoms with Gasteiger partial charge in [0.1, 0.15) is 17.6 Å². The number of nitriles is 1. The molecule has 0 spiro atoms. The number of carbonyl (C=O) groups excluding carboxylic acids is 1. The number of nitrogen functional groups attached to an aromatic ring is 1. The largest absolute Gasteiger partial charge is 0.464 e. The summed E-state index contributed by atoms with van der Waals surface area (Å²) in [6, 6.07) is 13.7. The number of carbonyl (C=O) groups is 1. The molecule has 8 heteroatoms. The van der Waals surface area contributed by atoms with Crippen LogP contribution < -0.4 is 10.5 Å². The number of anilines is 1. The first-order valence-corrected chi connectivity index (χ1v) is 8.53. The second-order valence-corrected chi connectivity index (χ2v) is 6.22. The number of ether oxygens (including phenoxy) is 2. The molecule has 28 heavy (non-hydrogen) atoms. The van der Waals surface area contributed by atoms with Gasteiger partial charge in [-0.15, -0.1) is 0 Å². The van der Waals surface area contributed by atoms with Crippen molar-refractivity contribution < 1.29 is 19.4 Å². The van der Waals surface area contributed by atoms with Gasteiger partial charge in [0.2, 0.25) is 0 Å². The van der Waals surface area contributed by atoms with Gasteiger partial charge < -0.3 is 24.9 Å². The molecule has 1 heterocycles. The minimum absolute atomic E-state index is 0.0291. The zero-order chi connectivity index (χ0) is 20.3. The van der Waals surface area contributed by atoms with E-state index in [1.165, 1.54) is 17.9 Å². The number of rotatable bonds is 5. The van der Waals surface area contributed by atoms with Gasteiger partial charge in [-0.05, 0) is 42.5 Å². The number of aliphatic hydroxyl groups excluding tert-OH is 1. The van der Waals surface area contributed by atoms with E-state index >= 15 is 0 Å². The van der Waals surface area contributed by atoms with E-state index in [1.807, 2.05) is 6.07 Å². The molecular weight excluding hydrogens is 382 g/mol. The summed E-state index contributed by atoms with van der Waals surface area (Å²) in [4.78, 5) is 12.1. The summed E-state index contributed by atoms with van der Waals surface area (Å²) in [5.74, 6) is 0.318. The van der Waals surface area contributed by atoms with Crippen LogP contribution in [0.15, 0.2) is 48.7 Å². The zero-order valence-electron chi connectivity index (χ0n) is 14.8. The first kappa shape index (κ1) is 19.3. The molecule has 0 aliphatic rings. The topological polar surface area (TPSA) is 110 Å². The maximum absolute atomic E-state index is 12.1. The van der Waals surface area contributed by atoms with Crippen molar-refractivity contribution in [3.05, 3.63) is 70.5 Å². The Labute approximate surface area is 166 Å². The summed E-state index contributed by atoms with van der Waals surface area (Å²) >= 11 is 5.87. The van der Waals surface area contributed by atoms with Crippen LogP contribution in [0.3, 0.4) is 0 Å². The number of methoxy groups -OCH3 is 1. The predicted octanol–water partition coefficient (Wildman–Crippen LogP) is 3.66. The SMILES string of the molecule is COC(=O)c1c(N)c(C#N)cn1-c1ccc(Oc2ccc(Cl)cc2)c(CO)c1. The summed E-state index contributed by atoms with van der Waals surface area (Å²) in [5.41, 5.74) is 7.12. The van der Waals surface area contributed by atoms with Gasteiger partial charge in [-0.1, -0.05) is 11.6 Å². The number of nitrogens with zero attached hydrogens (tertiary/aromatic N) is 2. The van der Waals surface area contributed by atoms with Crippen molar-refractivity contribution in [2.24, 2.45) is 0 Å². The molecule has 0 aliphatic carbocycles. The van der Waals surface area contributed by atoms with Gasteiger partial charge in [0.25, 0.3) is 0 Å². The number of benzene rings is 2. The number of aromatic nitrogens is 1. The van der Waals surface area contributed by atoms with Crippen molar-refractivity contribution >= 4 is 23.3 Å². The molecule has 2 aromatic carbocycles. The van der Waals surface area contributed by atoms with Gasteiger partial charge in [0.05, 0.1) is 25.0 Å². The van der Waals surface area contributed by atoms with Crippen LogP contribution in [0, 0.1) is 11.3 Å². The van der Waals surface area contributed by atoms with Crippen molar-refractivity contribution in [1.82, 2.24) is 4.57 Å². The van der Waals surface area contributed by atoms with E-state index in [1.54, 1.807) is 42.5 Å². The van der Waals surface area contributed by atoms with Crippen molar-refractivity contribution in [2.45, 2.75) is 6.61 Å². The van der Waals surface area contributed by atoms with E-state index in [4.69, 9.17) is 26.8 Å². The molecule has 0 amide bonds. The number of nitrogens with two attached hydrogens (primary N) is 1. The highest BCUT2D eigenvalue weighted by atomic mass is 35.5. The Morgan fingerprint density at radius 1 is 1.29 bits per heavy atom. The third kappa shape index (κ3) is 3.64. The van der Waals surface area contributed by atoms with Crippen LogP contribution in [-0.4, -0.2) is 22.8 Å². The van der Waals surface area contributed by atoms with Crippen LogP contribution in [0.5, 0.6) is 11.5 Å². The van der Waals surface area contributed by atoms with Gasteiger partial charge in [0.15, 0.2) is 5.69 Å². The molecule has 142 valence electrons. The Bertz CT molecular complexity index is 1070. The maximum Gasteiger partial charge on any atom is 0.357 e. The highest BCUT2D eigenvalue weighted by Crippen LogP contribution is 2.31. The highest BCUT2D eigenvalue weighted by Gasteiger charge is 2.22. The van der Waals surface area contributed by atoms with Crippen molar-refractivity contribution in [2.75, 3.05) is 12.8 Å². The molecule has 0 unspecified atom stereocenters. The van der Waals surface area contributed by atoms with Crippen LogP contribution >= 0.6 is 11.6 Å². The Morgan fingerprint density at radius 3 is 2.61 bits per heavy atom. The lowest BCUT2D eigenvalue weighted by Crippen LogP contribution is -2.11. The fourth-order valence-electron chi connectivity index (χ4n) is 2.69. The fourth-order valence-corrected chi connectivity index (χ4v) is 2.81. The Hall–Kier alpha value is -3.47. The molecular formula is C20H16ClN3O4. The molecule has 0 bridgehead atoms. The first-order chi connectivity index (χ1) is 13.5. The second kappa shape index (κ2) is 8.05. The molecule has 0 fully saturated rings. The van der Waals surface area contributed by atoms with Gasteiger partial charge in [-0.2, -0.15) is 5.26 Å². The lowest BCUT2D eigenvalue weighted by Gasteiger charge is -2.14. The van der Waals surface area contributed by atoms with E-state index < -0.39 is 5.97 Å². The third-order valence-corrected chi connectivity index (χ3v) is 4.33. The summed E-state index contributed by atoms with van der Waals surface area (Å²) in [6.45, 7) is -0.299. The van der Waals surface area contributed by atoms with Crippen LogP contribution in [-0.2, 0) is 11.3 Å². The van der Waals surface area contributed by atoms with E-state index in [2.05, 4.69) is 0 Å². The molecule has 0 radical (unpaired) electrons. The molecule has 1 aromatic heterocycles. The summed E-state index contributed by atoms with van der Waals surface area (Å²) in [5, 5.41) is 19.6. The second-order valence-electron chi connectivity index (χ2n) is 5.78. The summed E-state index contributed by atoms with van der Waals surface area (Å²) in [7, 11) is 1.23. The van der Waals surface area contributed by atoms with E-state index in [0.717, 1.165) is 0 Å². The van der Waals surface area contributed by atoms with Gasteiger partial charge in [-0.25, -0.2) is 4.79 Å². The molecule has 3 N–H and O–H groups in total. The van der Waals surface area contributed by atoms with Crippen LogP contribution in [0.25, 0.3) is 5.69 Å². The predicted molar refractivity (Wildman–Crippen MR) is 104 cm³/mol. The zero-order valence-corrected chi connectivity index (χ0v) is 15.6.